The number of urea groups is 1. The van der Waals surface area contributed by atoms with Gasteiger partial charge in [-0.25, -0.2) is 14.6 Å². The van der Waals surface area contributed by atoms with Crippen LogP contribution in [0.5, 0.6) is 0 Å². The van der Waals surface area contributed by atoms with Gasteiger partial charge in [-0.05, 0) is 32.3 Å². The third-order valence-electron chi connectivity index (χ3n) is 3.65. The van der Waals surface area contributed by atoms with Crippen molar-refractivity contribution >= 4 is 35.0 Å². The van der Waals surface area contributed by atoms with Crippen LogP contribution in [-0.4, -0.2) is 60.0 Å². The maximum atomic E-state index is 11.8. The molecule has 0 aromatic heterocycles. The van der Waals surface area contributed by atoms with E-state index in [0.717, 1.165) is 25.7 Å². The van der Waals surface area contributed by atoms with E-state index in [0.29, 0.717) is 37.6 Å². The molecule has 164 valence electrons. The van der Waals surface area contributed by atoms with Crippen LogP contribution >= 0.6 is 11.8 Å². The number of unbranched alkanes of at least 4 members (excludes halogenated alkanes) is 3. The number of carbonyl (C=O) groups excluding carboxylic acids is 2. The summed E-state index contributed by atoms with van der Waals surface area (Å²) in [4.78, 5) is 27.1. The van der Waals surface area contributed by atoms with Crippen LogP contribution < -0.4 is 27.0 Å². The number of carbonyl (C=O) groups is 2. The molecule has 29 heavy (non-hydrogen) atoms. The molecule has 12 heteroatoms. The molecule has 0 radical (unpaired) electrons. The highest BCUT2D eigenvalue weighted by Crippen LogP contribution is 2.02. The van der Waals surface area contributed by atoms with E-state index in [-0.39, 0.29) is 17.2 Å². The number of amides is 3. The second-order valence-corrected chi connectivity index (χ2v) is 7.43. The Morgan fingerprint density at radius 1 is 1.28 bits per heavy atom. The summed E-state index contributed by atoms with van der Waals surface area (Å²) < 4.78 is 5.01. The Morgan fingerprint density at radius 3 is 2.62 bits per heavy atom. The zero-order valence-corrected chi connectivity index (χ0v) is 17.4. The maximum Gasteiger partial charge on any atom is 0.407 e. The molecular formula is C17H31N7O4S. The van der Waals surface area contributed by atoms with Crippen LogP contribution in [0.25, 0.3) is 0 Å². The fraction of sp³-hybridized carbons (Fsp3) is 0.647. The van der Waals surface area contributed by atoms with E-state index in [1.54, 1.807) is 6.92 Å². The number of nitrogens with two attached hydrogens (primary N) is 1. The summed E-state index contributed by atoms with van der Waals surface area (Å²) in [7, 11) is 0. The van der Waals surface area contributed by atoms with Gasteiger partial charge in [0.05, 0.1) is 6.61 Å². The normalized spacial score (nSPS) is 15.4. The lowest BCUT2D eigenvalue weighted by Crippen LogP contribution is -2.47. The first-order valence-corrected chi connectivity index (χ1v) is 10.5. The van der Waals surface area contributed by atoms with Crippen LogP contribution in [0.2, 0.25) is 0 Å². The van der Waals surface area contributed by atoms with Gasteiger partial charge in [-0.1, -0.05) is 24.6 Å². The lowest BCUT2D eigenvalue weighted by Gasteiger charge is -2.17. The van der Waals surface area contributed by atoms with Crippen molar-refractivity contribution in [2.75, 3.05) is 25.4 Å². The van der Waals surface area contributed by atoms with Crippen molar-refractivity contribution in [3.63, 3.8) is 0 Å². The van der Waals surface area contributed by atoms with Crippen LogP contribution in [0, 0.1) is 5.41 Å². The highest BCUT2D eigenvalue weighted by atomic mass is 32.2. The molecule has 1 unspecified atom stereocenters. The highest BCUT2D eigenvalue weighted by molar-refractivity contribution is 8.13. The van der Waals surface area contributed by atoms with Gasteiger partial charge in [0.25, 0.3) is 0 Å². The molecule has 1 atom stereocenters. The fourth-order valence-corrected chi connectivity index (χ4v) is 2.80. The van der Waals surface area contributed by atoms with E-state index < -0.39 is 12.3 Å². The first-order valence-electron chi connectivity index (χ1n) is 9.50. The molecule has 0 saturated carbocycles. The average Bonchev–Trinajstić information content (AvgIpc) is 2.62. The number of thioether (sulfide) groups is 1. The summed E-state index contributed by atoms with van der Waals surface area (Å²) >= 11 is 1.22. The van der Waals surface area contributed by atoms with E-state index >= 15 is 0 Å². The van der Waals surface area contributed by atoms with Crippen molar-refractivity contribution < 1.29 is 19.4 Å². The van der Waals surface area contributed by atoms with E-state index in [4.69, 9.17) is 15.9 Å². The zero-order chi connectivity index (χ0) is 21.5. The summed E-state index contributed by atoms with van der Waals surface area (Å²) in [5.41, 5.74) is 5.92. The number of hydrogen-bond acceptors (Lipinski definition) is 8. The number of aliphatic imine (C=N–C) groups is 1. The van der Waals surface area contributed by atoms with Crippen molar-refractivity contribution in [2.45, 2.75) is 45.3 Å². The molecule has 0 spiro atoms. The SMILES string of the molecule is CC1=CC(O)N=C(NC(=O)NCCCCCCNC(=O)OCCCSC(=N)N)N1. The molecule has 1 aliphatic heterocycles. The molecule has 0 aromatic carbocycles. The first kappa shape index (κ1) is 24.6. The van der Waals surface area contributed by atoms with Crippen LogP contribution in [0.4, 0.5) is 9.59 Å². The molecule has 8 N–H and O–H groups in total. The maximum absolute atomic E-state index is 11.8. The van der Waals surface area contributed by atoms with Gasteiger partial charge in [-0.2, -0.15) is 0 Å². The Balaban J connectivity index is 1.92. The van der Waals surface area contributed by atoms with Gasteiger partial charge < -0.3 is 31.5 Å². The van der Waals surface area contributed by atoms with Gasteiger partial charge in [0.2, 0.25) is 5.96 Å². The largest absolute Gasteiger partial charge is 0.450 e. The lowest BCUT2D eigenvalue weighted by atomic mass is 10.2. The van der Waals surface area contributed by atoms with Crippen molar-refractivity contribution in [3.05, 3.63) is 11.8 Å². The minimum absolute atomic E-state index is 0.0632. The van der Waals surface area contributed by atoms with Gasteiger partial charge in [0.15, 0.2) is 11.4 Å². The molecule has 0 fully saturated rings. The van der Waals surface area contributed by atoms with Gasteiger partial charge in [-0.3, -0.25) is 10.7 Å². The van der Waals surface area contributed by atoms with Crippen LogP contribution in [-0.2, 0) is 4.74 Å². The lowest BCUT2D eigenvalue weighted by molar-refractivity contribution is 0.146. The number of allylic oxidation sites excluding steroid dienone is 1. The summed E-state index contributed by atoms with van der Waals surface area (Å²) in [6.45, 7) is 3.12. The molecule has 1 rings (SSSR count). The van der Waals surface area contributed by atoms with Crippen LogP contribution in [0.15, 0.2) is 16.8 Å². The number of nitrogens with one attached hydrogen (secondary N) is 5. The topological polar surface area (TPSA) is 174 Å². The molecule has 0 aliphatic carbocycles. The van der Waals surface area contributed by atoms with E-state index in [2.05, 4.69) is 26.3 Å². The average molecular weight is 430 g/mol. The smallest absolute Gasteiger partial charge is 0.407 e. The van der Waals surface area contributed by atoms with Crippen LogP contribution in [0.3, 0.4) is 0 Å². The Bertz CT molecular complexity index is 613. The van der Waals surface area contributed by atoms with Gasteiger partial charge in [0.1, 0.15) is 0 Å². The molecule has 3 amide bonds. The number of aliphatic hydroxyl groups is 1. The standard InChI is InChI=1S/C17H31N7O4S/c1-12-11-13(25)23-15(22-12)24-16(26)20-7-4-2-3-5-8-21-17(27)28-9-6-10-29-14(18)19/h11,13,25H,2-10H2,1H3,(H3,18,19)(H,21,27)(H3,20,22,23,24,26). The minimum Gasteiger partial charge on any atom is -0.450 e. The summed E-state index contributed by atoms with van der Waals surface area (Å²) in [6, 6.07) is -0.385. The van der Waals surface area contributed by atoms with Crippen molar-refractivity contribution in [2.24, 2.45) is 10.7 Å². The third kappa shape index (κ3) is 13.4. The number of amidine groups is 1. The molecular weight excluding hydrogens is 398 g/mol. The Morgan fingerprint density at radius 2 is 1.97 bits per heavy atom. The van der Waals surface area contributed by atoms with E-state index in [1.165, 1.54) is 17.8 Å². The summed E-state index contributed by atoms with van der Waals surface area (Å²) in [5, 5.41) is 27.4. The molecule has 0 bridgehead atoms. The second-order valence-electron chi connectivity index (χ2n) is 6.29. The third-order valence-corrected chi connectivity index (χ3v) is 4.45. The van der Waals surface area contributed by atoms with Gasteiger partial charge in [-0.15, -0.1) is 0 Å². The Labute approximate surface area is 174 Å². The van der Waals surface area contributed by atoms with Gasteiger partial charge in [0, 0.05) is 24.5 Å². The summed E-state index contributed by atoms with van der Waals surface area (Å²) in [5.74, 6) is 0.864. The van der Waals surface area contributed by atoms with E-state index in [9.17, 15) is 14.7 Å². The van der Waals surface area contributed by atoms with Crippen molar-refractivity contribution in [1.29, 1.82) is 5.41 Å². The number of guanidine groups is 1. The number of aliphatic hydroxyl groups excluding tert-OH is 1. The van der Waals surface area contributed by atoms with Crippen molar-refractivity contribution in [1.82, 2.24) is 21.3 Å². The quantitative estimate of drug-likeness (QED) is 0.144. The fourth-order valence-electron chi connectivity index (χ4n) is 2.32. The number of hydrogen-bond donors (Lipinski definition) is 7. The molecule has 0 aromatic rings. The van der Waals surface area contributed by atoms with Crippen molar-refractivity contribution in [3.8, 4) is 0 Å². The Kier molecular flexibility index (Phi) is 12.3. The minimum atomic E-state index is -0.955. The summed E-state index contributed by atoms with van der Waals surface area (Å²) in [6.07, 6.45) is 4.27. The predicted molar refractivity (Wildman–Crippen MR) is 114 cm³/mol. The molecule has 11 nitrogen and oxygen atoms in total. The van der Waals surface area contributed by atoms with E-state index in [1.807, 2.05) is 0 Å². The number of alkyl carbamates (subject to hydrolysis) is 1. The highest BCUT2D eigenvalue weighted by Gasteiger charge is 2.12. The number of nitrogens with zero attached hydrogens (tertiary/aromatic N) is 1. The van der Waals surface area contributed by atoms with Crippen LogP contribution in [0.1, 0.15) is 39.0 Å². The zero-order valence-electron chi connectivity index (χ0n) is 16.6. The first-order chi connectivity index (χ1) is 13.9. The molecule has 1 heterocycles. The molecule has 1 aliphatic rings. The number of ether oxygens (including phenoxy) is 1. The van der Waals surface area contributed by atoms with Gasteiger partial charge >= 0.3 is 12.1 Å². The molecule has 0 saturated heterocycles. The number of rotatable bonds is 11. The monoisotopic (exact) mass is 429 g/mol. The Hall–Kier alpha value is -2.47. The second kappa shape index (κ2) is 14.5. The predicted octanol–water partition coefficient (Wildman–Crippen LogP) is 0.770.